The molecule has 11 heteroatoms. The molecule has 2 aromatic carbocycles. The van der Waals surface area contributed by atoms with Crippen molar-refractivity contribution in [1.82, 2.24) is 14.7 Å². The first-order valence-corrected chi connectivity index (χ1v) is 14.6. The van der Waals surface area contributed by atoms with Crippen LogP contribution in [-0.4, -0.2) is 103 Å². The number of carbonyl (C=O) groups is 3. The van der Waals surface area contributed by atoms with Gasteiger partial charge in [-0.25, -0.2) is 4.79 Å². The highest BCUT2D eigenvalue weighted by Crippen LogP contribution is 2.29. The second-order valence-corrected chi connectivity index (χ2v) is 10.4. The minimum absolute atomic E-state index is 0.0551. The van der Waals surface area contributed by atoms with Crippen LogP contribution >= 0.6 is 12.2 Å². The van der Waals surface area contributed by atoms with Gasteiger partial charge in [0.1, 0.15) is 11.8 Å². The van der Waals surface area contributed by atoms with Gasteiger partial charge in [-0.15, -0.1) is 0 Å². The van der Waals surface area contributed by atoms with Crippen LogP contribution in [0.15, 0.2) is 48.5 Å². The number of nitrogens with zero attached hydrogens (tertiary/aromatic N) is 4. The lowest BCUT2D eigenvalue weighted by atomic mass is 10.1. The van der Waals surface area contributed by atoms with E-state index in [0.29, 0.717) is 34.3 Å². The van der Waals surface area contributed by atoms with Gasteiger partial charge in [-0.3, -0.25) is 14.5 Å². The third kappa shape index (κ3) is 7.60. The van der Waals surface area contributed by atoms with Crippen molar-refractivity contribution in [1.29, 1.82) is 0 Å². The number of ether oxygens (including phenoxy) is 2. The largest absolute Gasteiger partial charge is 0.497 e. The zero-order valence-corrected chi connectivity index (χ0v) is 24.8. The van der Waals surface area contributed by atoms with Gasteiger partial charge in [0, 0.05) is 38.4 Å². The van der Waals surface area contributed by atoms with E-state index in [1.165, 1.54) is 4.90 Å². The number of methoxy groups -OCH3 is 1. The molecule has 0 aliphatic carbocycles. The summed E-state index contributed by atoms with van der Waals surface area (Å²) in [4.78, 5) is 47.0. The van der Waals surface area contributed by atoms with Crippen molar-refractivity contribution in [2.45, 2.75) is 32.7 Å². The molecule has 41 heavy (non-hydrogen) atoms. The number of esters is 1. The Hall–Kier alpha value is -3.54. The Morgan fingerprint density at radius 1 is 0.951 bits per heavy atom. The van der Waals surface area contributed by atoms with E-state index >= 15 is 0 Å². The number of benzene rings is 2. The number of amides is 2. The highest BCUT2D eigenvalue weighted by Gasteiger charge is 2.44. The van der Waals surface area contributed by atoms with E-state index in [0.717, 1.165) is 45.7 Å². The van der Waals surface area contributed by atoms with Gasteiger partial charge in [-0.05, 0) is 87.2 Å². The van der Waals surface area contributed by atoms with Crippen molar-refractivity contribution in [3.05, 3.63) is 54.1 Å². The maximum absolute atomic E-state index is 13.7. The number of likely N-dealkylation sites (N-methyl/N-ethyl adjacent to an activating group) is 1. The second-order valence-electron chi connectivity index (χ2n) is 10.0. The van der Waals surface area contributed by atoms with Crippen molar-refractivity contribution in [2.75, 3.05) is 69.7 Å². The summed E-state index contributed by atoms with van der Waals surface area (Å²) in [5.74, 6) is -0.287. The van der Waals surface area contributed by atoms with Crippen LogP contribution in [0.3, 0.4) is 0 Å². The number of piperazine rings is 1. The quantitative estimate of drug-likeness (QED) is 0.300. The summed E-state index contributed by atoms with van der Waals surface area (Å²) in [6, 6.07) is 12.9. The molecule has 4 rings (SSSR count). The Morgan fingerprint density at radius 3 is 2.22 bits per heavy atom. The van der Waals surface area contributed by atoms with Gasteiger partial charge in [0.15, 0.2) is 5.11 Å². The molecule has 2 aromatic rings. The smallest absolute Gasteiger partial charge is 0.338 e. The Bertz CT molecular complexity index is 1210. The average Bonchev–Trinajstić information content (AvgIpc) is 3.21. The zero-order valence-electron chi connectivity index (χ0n) is 24.0. The molecule has 220 valence electrons. The van der Waals surface area contributed by atoms with Gasteiger partial charge in [0.05, 0.1) is 31.4 Å². The molecular weight excluding hydrogens is 542 g/mol. The number of anilines is 2. The van der Waals surface area contributed by atoms with E-state index in [9.17, 15) is 14.4 Å². The fraction of sp³-hybridized carbons (Fsp3) is 0.467. The molecule has 2 fully saturated rings. The minimum atomic E-state index is -0.722. The van der Waals surface area contributed by atoms with Gasteiger partial charge in [-0.1, -0.05) is 6.92 Å². The third-order valence-corrected chi connectivity index (χ3v) is 7.91. The lowest BCUT2D eigenvalue weighted by Gasteiger charge is -2.34. The summed E-state index contributed by atoms with van der Waals surface area (Å²) in [5.41, 5.74) is 1.57. The molecule has 0 aromatic heterocycles. The molecule has 2 aliphatic heterocycles. The third-order valence-electron chi connectivity index (χ3n) is 7.49. The molecule has 10 nitrogen and oxygen atoms in total. The molecule has 0 spiro atoms. The van der Waals surface area contributed by atoms with Crippen molar-refractivity contribution in [3.63, 3.8) is 0 Å². The molecule has 2 amide bonds. The predicted molar refractivity (Wildman–Crippen MR) is 162 cm³/mol. The molecule has 1 unspecified atom stereocenters. The van der Waals surface area contributed by atoms with Gasteiger partial charge >= 0.3 is 5.97 Å². The van der Waals surface area contributed by atoms with E-state index in [2.05, 4.69) is 22.0 Å². The van der Waals surface area contributed by atoms with Crippen LogP contribution in [0.25, 0.3) is 0 Å². The maximum atomic E-state index is 13.7. The highest BCUT2D eigenvalue weighted by atomic mass is 32.1. The average molecular weight is 582 g/mol. The predicted octanol–water partition coefficient (Wildman–Crippen LogP) is 3.23. The monoisotopic (exact) mass is 581 g/mol. The summed E-state index contributed by atoms with van der Waals surface area (Å²) in [7, 11) is 1.59. The molecule has 1 N–H and O–H groups in total. The molecule has 2 aliphatic rings. The van der Waals surface area contributed by atoms with Gasteiger partial charge < -0.3 is 29.5 Å². The molecule has 1 atom stereocenters. The minimum Gasteiger partial charge on any atom is -0.497 e. The number of hydrogen-bond donors (Lipinski definition) is 1. The van der Waals surface area contributed by atoms with E-state index < -0.39 is 12.0 Å². The van der Waals surface area contributed by atoms with Crippen LogP contribution in [0, 0.1) is 0 Å². The Labute approximate surface area is 247 Å². The van der Waals surface area contributed by atoms with Crippen LogP contribution in [0.1, 0.15) is 37.0 Å². The summed E-state index contributed by atoms with van der Waals surface area (Å²) >= 11 is 5.81. The highest BCUT2D eigenvalue weighted by molar-refractivity contribution is 7.80. The molecular formula is C30H39N5O5S. The van der Waals surface area contributed by atoms with Crippen molar-refractivity contribution >= 4 is 46.5 Å². The number of rotatable bonds is 12. The summed E-state index contributed by atoms with van der Waals surface area (Å²) in [5, 5.41) is 3.24. The van der Waals surface area contributed by atoms with Gasteiger partial charge in [0.25, 0.3) is 5.91 Å². The van der Waals surface area contributed by atoms with Gasteiger partial charge in [0.2, 0.25) is 5.91 Å². The van der Waals surface area contributed by atoms with E-state index in [4.69, 9.17) is 21.7 Å². The molecule has 0 bridgehead atoms. The van der Waals surface area contributed by atoms with Crippen LogP contribution in [0.4, 0.5) is 11.4 Å². The lowest BCUT2D eigenvalue weighted by Crippen LogP contribution is -2.47. The standard InChI is InChI=1S/C30H39N5O5S/c1-4-32-17-19-33(20-18-32)15-6-16-34-26(28(37)35(30(34)41)24-11-13-25(39-3)14-12-24)21-27(36)31-23-9-7-22(8-10-23)29(38)40-5-2/h7-14,26H,4-6,15-21H2,1-3H3,(H,31,36). The van der Waals surface area contributed by atoms with E-state index in [1.54, 1.807) is 62.6 Å². The summed E-state index contributed by atoms with van der Waals surface area (Å²) < 4.78 is 10.3. The van der Waals surface area contributed by atoms with E-state index in [-0.39, 0.29) is 24.8 Å². The fourth-order valence-electron chi connectivity index (χ4n) is 5.14. The van der Waals surface area contributed by atoms with Crippen molar-refractivity contribution in [2.24, 2.45) is 0 Å². The fourth-order valence-corrected chi connectivity index (χ4v) is 5.56. The van der Waals surface area contributed by atoms with Crippen molar-refractivity contribution < 1.29 is 23.9 Å². The maximum Gasteiger partial charge on any atom is 0.338 e. The molecule has 0 radical (unpaired) electrons. The Kier molecular flexibility index (Phi) is 10.7. The molecule has 2 saturated heterocycles. The zero-order chi connectivity index (χ0) is 29.4. The topological polar surface area (TPSA) is 94.7 Å². The summed E-state index contributed by atoms with van der Waals surface area (Å²) in [6.07, 6.45) is 0.768. The normalized spacial score (nSPS) is 18.1. The Morgan fingerprint density at radius 2 is 1.61 bits per heavy atom. The number of nitrogens with one attached hydrogen (secondary N) is 1. The molecule has 2 heterocycles. The SMILES string of the molecule is CCOC(=O)c1ccc(NC(=O)CC2C(=O)N(c3ccc(OC)cc3)C(=S)N2CCCN2CCN(CC)CC2)cc1. The van der Waals surface area contributed by atoms with Crippen LogP contribution in [-0.2, 0) is 14.3 Å². The number of carbonyl (C=O) groups excluding carboxylic acids is 3. The van der Waals surface area contributed by atoms with Crippen LogP contribution in [0.2, 0.25) is 0 Å². The molecule has 0 saturated carbocycles. The first-order chi connectivity index (χ1) is 19.8. The summed E-state index contributed by atoms with van der Waals surface area (Å²) in [6.45, 7) is 10.9. The van der Waals surface area contributed by atoms with Crippen molar-refractivity contribution in [3.8, 4) is 5.75 Å². The number of hydrogen-bond acceptors (Lipinski definition) is 8. The lowest BCUT2D eigenvalue weighted by molar-refractivity contribution is -0.124. The second kappa shape index (κ2) is 14.4. The first-order valence-electron chi connectivity index (χ1n) is 14.1. The van der Waals surface area contributed by atoms with Gasteiger partial charge in [-0.2, -0.15) is 0 Å². The number of thiocarbonyl (C=S) groups is 1. The Balaban J connectivity index is 1.44. The van der Waals surface area contributed by atoms with Crippen LogP contribution in [0.5, 0.6) is 5.75 Å². The first kappa shape index (κ1) is 30.4. The van der Waals surface area contributed by atoms with Crippen LogP contribution < -0.4 is 15.0 Å². The van der Waals surface area contributed by atoms with E-state index in [1.807, 2.05) is 4.90 Å².